The van der Waals surface area contributed by atoms with Crippen molar-refractivity contribution in [2.75, 3.05) is 25.6 Å². The van der Waals surface area contributed by atoms with Crippen LogP contribution in [0.3, 0.4) is 0 Å². The molecule has 5 heteroatoms. The number of rotatable bonds is 6. The third-order valence-electron chi connectivity index (χ3n) is 2.68. The first-order valence-electron chi connectivity index (χ1n) is 6.15. The van der Waals surface area contributed by atoms with Crippen molar-refractivity contribution in [3.63, 3.8) is 0 Å². The Labute approximate surface area is 116 Å². The van der Waals surface area contributed by atoms with Gasteiger partial charge in [0.1, 0.15) is 18.2 Å². The predicted octanol–water partition coefficient (Wildman–Crippen LogP) is 3.46. The molecule has 106 valence electrons. The minimum absolute atomic E-state index is 0.245. The average Bonchev–Trinajstić information content (AvgIpc) is 2.46. The highest BCUT2D eigenvalue weighted by Crippen LogP contribution is 2.25. The van der Waals surface area contributed by atoms with Crippen LogP contribution in [0.25, 0.3) is 0 Å². The molecule has 0 aliphatic rings. The van der Waals surface area contributed by atoms with Gasteiger partial charge in [0.2, 0.25) is 0 Å². The van der Waals surface area contributed by atoms with Crippen LogP contribution in [0.1, 0.15) is 0 Å². The topological polar surface area (TPSA) is 30.5 Å². The molecule has 1 N–H and O–H groups in total. The molecular weight excluding hydrogens is 264 g/mol. The van der Waals surface area contributed by atoms with Gasteiger partial charge in [-0.2, -0.15) is 0 Å². The molecule has 0 aliphatic heterocycles. The zero-order chi connectivity index (χ0) is 14.4. The summed E-state index contributed by atoms with van der Waals surface area (Å²) in [6.07, 6.45) is 0. The number of nitrogens with one attached hydrogen (secondary N) is 1. The van der Waals surface area contributed by atoms with Crippen molar-refractivity contribution >= 4 is 5.69 Å². The molecular formula is C15H15F2NO2. The van der Waals surface area contributed by atoms with Crippen LogP contribution in [-0.4, -0.2) is 20.3 Å². The molecule has 3 nitrogen and oxygen atoms in total. The fraction of sp³-hybridized carbons (Fsp3) is 0.200. The standard InChI is InChI=1S/C15H15F2NO2/c1-19-14-4-2-3-5-15(14)20-9-8-18-13-7-6-11(16)10-12(13)17/h2-7,10,18H,8-9H2,1H3. The van der Waals surface area contributed by atoms with Crippen LogP contribution in [-0.2, 0) is 0 Å². The summed E-state index contributed by atoms with van der Waals surface area (Å²) in [5, 5.41) is 2.84. The third kappa shape index (κ3) is 3.60. The number of ether oxygens (including phenoxy) is 2. The lowest BCUT2D eigenvalue weighted by Crippen LogP contribution is -2.12. The number of para-hydroxylation sites is 2. The Morgan fingerprint density at radius 1 is 1.05 bits per heavy atom. The molecule has 0 aliphatic carbocycles. The van der Waals surface area contributed by atoms with Crippen molar-refractivity contribution in [1.82, 2.24) is 0 Å². The molecule has 0 saturated carbocycles. The van der Waals surface area contributed by atoms with E-state index in [0.717, 1.165) is 6.07 Å². The van der Waals surface area contributed by atoms with Crippen molar-refractivity contribution in [1.29, 1.82) is 0 Å². The number of anilines is 1. The lowest BCUT2D eigenvalue weighted by molar-refractivity contribution is 0.305. The largest absolute Gasteiger partial charge is 0.493 e. The molecule has 0 heterocycles. The maximum absolute atomic E-state index is 13.4. The van der Waals surface area contributed by atoms with Crippen LogP contribution in [0.2, 0.25) is 0 Å². The van der Waals surface area contributed by atoms with Crippen molar-refractivity contribution in [3.8, 4) is 11.5 Å². The summed E-state index contributed by atoms with van der Waals surface area (Å²) in [6, 6.07) is 10.7. The third-order valence-corrected chi connectivity index (χ3v) is 2.68. The molecule has 0 aromatic heterocycles. The predicted molar refractivity (Wildman–Crippen MR) is 73.3 cm³/mol. The van der Waals surface area contributed by atoms with Gasteiger partial charge in [-0.15, -0.1) is 0 Å². The minimum Gasteiger partial charge on any atom is -0.493 e. The molecule has 0 atom stereocenters. The molecule has 2 aromatic rings. The van der Waals surface area contributed by atoms with Crippen molar-refractivity contribution < 1.29 is 18.3 Å². The van der Waals surface area contributed by atoms with Gasteiger partial charge in [-0.3, -0.25) is 0 Å². The summed E-state index contributed by atoms with van der Waals surface area (Å²) in [4.78, 5) is 0. The molecule has 0 bridgehead atoms. The second-order valence-corrected chi connectivity index (χ2v) is 4.05. The number of hydrogen-bond donors (Lipinski definition) is 1. The van der Waals surface area contributed by atoms with Crippen LogP contribution in [0.4, 0.5) is 14.5 Å². The molecule has 0 spiro atoms. The van der Waals surface area contributed by atoms with Crippen LogP contribution >= 0.6 is 0 Å². The quantitative estimate of drug-likeness (QED) is 0.821. The van der Waals surface area contributed by atoms with Gasteiger partial charge in [-0.25, -0.2) is 8.78 Å². The van der Waals surface area contributed by atoms with Crippen LogP contribution in [0.15, 0.2) is 42.5 Å². The van der Waals surface area contributed by atoms with Crippen LogP contribution in [0, 0.1) is 11.6 Å². The number of halogens is 2. The van der Waals surface area contributed by atoms with E-state index in [1.165, 1.54) is 12.1 Å². The summed E-state index contributed by atoms with van der Waals surface area (Å²) in [5.74, 6) is 0.0393. The Bertz CT molecular complexity index is 576. The van der Waals surface area contributed by atoms with E-state index in [0.29, 0.717) is 24.7 Å². The van der Waals surface area contributed by atoms with Gasteiger partial charge >= 0.3 is 0 Å². The second kappa shape index (κ2) is 6.75. The van der Waals surface area contributed by atoms with E-state index in [-0.39, 0.29) is 5.69 Å². The molecule has 2 rings (SSSR count). The summed E-state index contributed by atoms with van der Waals surface area (Å²) >= 11 is 0. The molecule has 0 saturated heterocycles. The maximum Gasteiger partial charge on any atom is 0.161 e. The Morgan fingerprint density at radius 2 is 1.80 bits per heavy atom. The highest BCUT2D eigenvalue weighted by atomic mass is 19.1. The normalized spacial score (nSPS) is 10.2. The first kappa shape index (κ1) is 14.1. The lowest BCUT2D eigenvalue weighted by Gasteiger charge is -2.11. The van der Waals surface area contributed by atoms with Crippen molar-refractivity contribution in [2.24, 2.45) is 0 Å². The van der Waals surface area contributed by atoms with E-state index in [2.05, 4.69) is 5.32 Å². The van der Waals surface area contributed by atoms with Gasteiger partial charge in [0.15, 0.2) is 11.5 Å². The number of benzene rings is 2. The summed E-state index contributed by atoms with van der Waals surface area (Å²) in [7, 11) is 1.56. The zero-order valence-corrected chi connectivity index (χ0v) is 11.0. The van der Waals surface area contributed by atoms with E-state index >= 15 is 0 Å². The molecule has 0 radical (unpaired) electrons. The molecule has 0 fully saturated rings. The first-order chi connectivity index (χ1) is 9.70. The Hall–Kier alpha value is -2.30. The van der Waals surface area contributed by atoms with E-state index < -0.39 is 11.6 Å². The van der Waals surface area contributed by atoms with Gasteiger partial charge in [-0.05, 0) is 24.3 Å². The maximum atomic E-state index is 13.4. The smallest absolute Gasteiger partial charge is 0.161 e. The second-order valence-electron chi connectivity index (χ2n) is 4.05. The van der Waals surface area contributed by atoms with E-state index in [1.807, 2.05) is 12.1 Å². The van der Waals surface area contributed by atoms with Gasteiger partial charge in [0.05, 0.1) is 12.8 Å². The van der Waals surface area contributed by atoms with Gasteiger partial charge in [0, 0.05) is 12.6 Å². The summed E-state index contributed by atoms with van der Waals surface area (Å²) in [5.41, 5.74) is 0.245. The van der Waals surface area contributed by atoms with Crippen molar-refractivity contribution in [3.05, 3.63) is 54.1 Å². The monoisotopic (exact) mass is 279 g/mol. The Morgan fingerprint density at radius 3 is 2.50 bits per heavy atom. The van der Waals surface area contributed by atoms with Gasteiger partial charge in [0.25, 0.3) is 0 Å². The first-order valence-corrected chi connectivity index (χ1v) is 6.15. The van der Waals surface area contributed by atoms with Gasteiger partial charge < -0.3 is 14.8 Å². The Kier molecular flexibility index (Phi) is 4.76. The fourth-order valence-electron chi connectivity index (χ4n) is 1.72. The Balaban J connectivity index is 1.84. The summed E-state index contributed by atoms with van der Waals surface area (Å²) < 4.78 is 36.8. The highest BCUT2D eigenvalue weighted by molar-refractivity contribution is 5.44. The fourth-order valence-corrected chi connectivity index (χ4v) is 1.72. The molecule has 20 heavy (non-hydrogen) atoms. The zero-order valence-electron chi connectivity index (χ0n) is 11.0. The SMILES string of the molecule is COc1ccccc1OCCNc1ccc(F)cc1F. The van der Waals surface area contributed by atoms with Crippen molar-refractivity contribution in [2.45, 2.75) is 0 Å². The molecule has 2 aromatic carbocycles. The van der Waals surface area contributed by atoms with E-state index in [4.69, 9.17) is 9.47 Å². The molecule has 0 unspecified atom stereocenters. The van der Waals surface area contributed by atoms with E-state index in [9.17, 15) is 8.78 Å². The van der Waals surface area contributed by atoms with E-state index in [1.54, 1.807) is 19.2 Å². The van der Waals surface area contributed by atoms with Crippen LogP contribution in [0.5, 0.6) is 11.5 Å². The lowest BCUT2D eigenvalue weighted by atomic mass is 10.3. The highest BCUT2D eigenvalue weighted by Gasteiger charge is 2.04. The average molecular weight is 279 g/mol. The minimum atomic E-state index is -0.623. The van der Waals surface area contributed by atoms with Gasteiger partial charge in [-0.1, -0.05) is 12.1 Å². The van der Waals surface area contributed by atoms with Crippen LogP contribution < -0.4 is 14.8 Å². The number of methoxy groups -OCH3 is 1. The number of hydrogen-bond acceptors (Lipinski definition) is 3. The molecule has 0 amide bonds. The summed E-state index contributed by atoms with van der Waals surface area (Å²) in [6.45, 7) is 0.720.